The number of ether oxygens (including phenoxy) is 1. The molecule has 1 aromatic carbocycles. The Morgan fingerprint density at radius 1 is 1.25 bits per heavy atom. The first kappa shape index (κ1) is 26.6. The Morgan fingerprint density at radius 3 is 2.53 bits per heavy atom. The number of nitrogens with zero attached hydrogens (tertiary/aromatic N) is 3. The second kappa shape index (κ2) is 9.75. The van der Waals surface area contributed by atoms with Crippen molar-refractivity contribution in [3.05, 3.63) is 29.3 Å². The van der Waals surface area contributed by atoms with Crippen molar-refractivity contribution in [3.8, 4) is 11.3 Å². The van der Waals surface area contributed by atoms with E-state index < -0.39 is 17.9 Å². The summed E-state index contributed by atoms with van der Waals surface area (Å²) in [7, 11) is -4.95. The van der Waals surface area contributed by atoms with E-state index >= 15 is 0 Å². The van der Waals surface area contributed by atoms with E-state index in [9.17, 15) is 18.0 Å². The molecule has 2 heterocycles. The molecule has 4 rings (SSSR count). The molecule has 1 aliphatic carbocycles. The number of fused-ring (bicyclic) bond motifs is 1. The second-order valence-electron chi connectivity index (χ2n) is 11.2. The number of anilines is 1. The van der Waals surface area contributed by atoms with Gasteiger partial charge in [0.2, 0.25) is 5.91 Å². The number of hydrogen-bond acceptors (Lipinski definition) is 6. The van der Waals surface area contributed by atoms with Crippen LogP contribution in [0.15, 0.2) is 23.1 Å². The molecular formula is C25H36N4O5SSi. The number of carbonyl (C=O) groups excluding carboxylic acids is 2. The van der Waals surface area contributed by atoms with Crippen LogP contribution in [-0.2, 0) is 32.6 Å². The fraction of sp³-hybridized carbons (Fsp3) is 0.560. The molecule has 0 unspecified atom stereocenters. The highest BCUT2D eigenvalue weighted by atomic mass is 32.2. The maximum absolute atomic E-state index is 13.3. The van der Waals surface area contributed by atoms with Gasteiger partial charge in [-0.15, -0.1) is 0 Å². The Labute approximate surface area is 214 Å². The minimum atomic E-state index is -3.68. The summed E-state index contributed by atoms with van der Waals surface area (Å²) in [6, 6.07) is 6.19. The van der Waals surface area contributed by atoms with Crippen LogP contribution in [0.2, 0.25) is 25.7 Å². The Bertz CT molecular complexity index is 1290. The summed E-state index contributed by atoms with van der Waals surface area (Å²) in [4.78, 5) is 26.8. The first-order valence-corrected chi connectivity index (χ1v) is 18.0. The van der Waals surface area contributed by atoms with Gasteiger partial charge in [-0.25, -0.2) is 13.1 Å². The molecule has 0 radical (unpaired) electrons. The van der Waals surface area contributed by atoms with Crippen molar-refractivity contribution in [2.45, 2.75) is 76.6 Å². The number of sulfone groups is 1. The highest BCUT2D eigenvalue weighted by molar-refractivity contribution is 7.90. The molecule has 1 aromatic heterocycles. The molecule has 2 amide bonds. The van der Waals surface area contributed by atoms with E-state index in [0.29, 0.717) is 41.7 Å². The van der Waals surface area contributed by atoms with Crippen LogP contribution < -0.4 is 5.32 Å². The van der Waals surface area contributed by atoms with Crippen molar-refractivity contribution in [1.29, 1.82) is 0 Å². The molecule has 0 bridgehead atoms. The van der Waals surface area contributed by atoms with Crippen LogP contribution in [0.5, 0.6) is 0 Å². The Kier molecular flexibility index (Phi) is 7.19. The van der Waals surface area contributed by atoms with Crippen molar-refractivity contribution in [3.63, 3.8) is 0 Å². The number of rotatable bonds is 10. The fourth-order valence-electron chi connectivity index (χ4n) is 4.56. The van der Waals surface area contributed by atoms with Gasteiger partial charge >= 0.3 is 0 Å². The summed E-state index contributed by atoms with van der Waals surface area (Å²) in [6.45, 7) is 11.4. The number of aromatic nitrogens is 2. The fourth-order valence-corrected chi connectivity index (χ4v) is 6.25. The van der Waals surface area contributed by atoms with Crippen molar-refractivity contribution in [1.82, 2.24) is 14.7 Å². The van der Waals surface area contributed by atoms with E-state index in [-0.39, 0.29) is 35.0 Å². The Balaban J connectivity index is 1.73. The number of amides is 2. The van der Waals surface area contributed by atoms with Crippen LogP contribution >= 0.6 is 0 Å². The predicted octanol–water partition coefficient (Wildman–Crippen LogP) is 3.98. The van der Waals surface area contributed by atoms with Crippen LogP contribution in [0, 0.1) is 5.92 Å². The molecule has 2 aliphatic rings. The van der Waals surface area contributed by atoms with E-state index in [0.717, 1.165) is 25.1 Å². The number of carbonyl (C=O) groups is 2. The third-order valence-corrected chi connectivity index (χ3v) is 9.61. The second-order valence-corrected chi connectivity index (χ2v) is 18.8. The quantitative estimate of drug-likeness (QED) is 0.366. The lowest BCUT2D eigenvalue weighted by molar-refractivity contribution is -0.114. The van der Waals surface area contributed by atoms with Gasteiger partial charge < -0.3 is 15.0 Å². The predicted molar refractivity (Wildman–Crippen MR) is 141 cm³/mol. The lowest BCUT2D eigenvalue weighted by atomic mass is 10.0. The van der Waals surface area contributed by atoms with E-state index in [4.69, 9.17) is 4.74 Å². The Morgan fingerprint density at radius 2 is 1.94 bits per heavy atom. The maximum atomic E-state index is 13.3. The van der Waals surface area contributed by atoms with Crippen molar-refractivity contribution in [2.24, 2.45) is 5.92 Å². The Hall–Kier alpha value is -2.50. The van der Waals surface area contributed by atoms with Crippen LogP contribution in [0.4, 0.5) is 5.82 Å². The monoisotopic (exact) mass is 532 g/mol. The molecular weight excluding hydrogens is 496 g/mol. The van der Waals surface area contributed by atoms with Gasteiger partial charge in [0, 0.05) is 52.1 Å². The van der Waals surface area contributed by atoms with Gasteiger partial charge in [0.1, 0.15) is 6.73 Å². The molecule has 36 heavy (non-hydrogen) atoms. The minimum absolute atomic E-state index is 0.0268. The molecule has 0 spiro atoms. The van der Waals surface area contributed by atoms with E-state index in [1.165, 1.54) is 6.92 Å². The molecule has 1 N–H and O–H groups in total. The first-order valence-electron chi connectivity index (χ1n) is 12.4. The SMILES string of the molecule is CC(=O)Nc1cc(-c2cc3c(c(S(C)(=O)=O)c2)C(=O)N([C@@H](C)C2CC2)C3)n(COCC[Si](C)(C)C)n1. The van der Waals surface area contributed by atoms with Crippen LogP contribution in [0.3, 0.4) is 0 Å². The molecule has 1 fully saturated rings. The van der Waals surface area contributed by atoms with Gasteiger partial charge in [0.25, 0.3) is 5.91 Å². The van der Waals surface area contributed by atoms with Gasteiger partial charge in [-0.3, -0.25) is 9.59 Å². The molecule has 2 aromatic rings. The lowest BCUT2D eigenvalue weighted by Gasteiger charge is -2.24. The number of benzene rings is 1. The number of hydrogen-bond donors (Lipinski definition) is 1. The van der Waals surface area contributed by atoms with Crippen LogP contribution in [-0.4, -0.2) is 61.9 Å². The third kappa shape index (κ3) is 5.89. The van der Waals surface area contributed by atoms with Crippen molar-refractivity contribution < 1.29 is 22.7 Å². The molecule has 9 nitrogen and oxygen atoms in total. The zero-order valence-electron chi connectivity index (χ0n) is 21.9. The zero-order chi connectivity index (χ0) is 26.4. The topological polar surface area (TPSA) is 111 Å². The summed E-state index contributed by atoms with van der Waals surface area (Å²) in [6.07, 6.45) is 3.31. The number of nitrogens with one attached hydrogen (secondary N) is 1. The van der Waals surface area contributed by atoms with E-state index in [1.54, 1.807) is 21.7 Å². The summed E-state index contributed by atoms with van der Waals surface area (Å²) in [5.41, 5.74) is 2.19. The minimum Gasteiger partial charge on any atom is -0.360 e. The average Bonchev–Trinajstić information content (AvgIpc) is 3.45. The first-order chi connectivity index (χ1) is 16.7. The summed E-state index contributed by atoms with van der Waals surface area (Å²) >= 11 is 0. The molecule has 0 saturated heterocycles. The van der Waals surface area contributed by atoms with Crippen LogP contribution in [0.25, 0.3) is 11.3 Å². The van der Waals surface area contributed by atoms with Gasteiger partial charge in [-0.05, 0) is 49.4 Å². The zero-order valence-corrected chi connectivity index (χ0v) is 23.7. The molecule has 1 atom stereocenters. The lowest BCUT2D eigenvalue weighted by Crippen LogP contribution is -2.35. The van der Waals surface area contributed by atoms with Gasteiger partial charge in [0.05, 0.1) is 16.2 Å². The molecule has 196 valence electrons. The summed E-state index contributed by atoms with van der Waals surface area (Å²) in [5, 5.41) is 7.18. The largest absolute Gasteiger partial charge is 0.360 e. The maximum Gasteiger partial charge on any atom is 0.256 e. The van der Waals surface area contributed by atoms with Gasteiger partial charge in [-0.1, -0.05) is 19.6 Å². The van der Waals surface area contributed by atoms with E-state index in [1.807, 2.05) is 13.0 Å². The molecule has 11 heteroatoms. The average molecular weight is 533 g/mol. The molecule has 1 saturated carbocycles. The standard InChI is InChI=1S/C25H36N4O5SSi/c1-16(18-7-8-18)28-14-20-11-19(12-22(35(3,32)33)24(20)25(28)31)21-13-23(26-17(2)30)27-29(21)15-34-9-10-36(4,5)6/h11-13,16,18H,7-10,14-15H2,1-6H3,(H,26,27,30)/t16-/m0/s1. The van der Waals surface area contributed by atoms with Crippen molar-refractivity contribution in [2.75, 3.05) is 18.2 Å². The van der Waals surface area contributed by atoms with E-state index in [2.05, 4.69) is 30.1 Å². The molecule has 1 aliphatic heterocycles. The summed E-state index contributed by atoms with van der Waals surface area (Å²) in [5.74, 6) is 0.345. The van der Waals surface area contributed by atoms with Crippen LogP contribution in [0.1, 0.15) is 42.6 Å². The smallest absolute Gasteiger partial charge is 0.256 e. The highest BCUT2D eigenvalue weighted by Gasteiger charge is 2.41. The summed E-state index contributed by atoms with van der Waals surface area (Å²) < 4.78 is 33.2. The third-order valence-electron chi connectivity index (χ3n) is 6.78. The highest BCUT2D eigenvalue weighted by Crippen LogP contribution is 2.41. The normalized spacial score (nSPS) is 16.8. The van der Waals surface area contributed by atoms with Gasteiger partial charge in [0.15, 0.2) is 15.7 Å². The van der Waals surface area contributed by atoms with Gasteiger partial charge in [-0.2, -0.15) is 5.10 Å². The van der Waals surface area contributed by atoms with Crippen molar-refractivity contribution >= 4 is 35.5 Å².